The number of hydrogen-bond acceptors (Lipinski definition) is 8. The van der Waals surface area contributed by atoms with Crippen LogP contribution >= 0.6 is 23.1 Å². The van der Waals surface area contributed by atoms with Crippen molar-refractivity contribution >= 4 is 39.1 Å². The second kappa shape index (κ2) is 9.15. The summed E-state index contributed by atoms with van der Waals surface area (Å²) in [7, 11) is 0. The highest BCUT2D eigenvalue weighted by Gasteiger charge is 2.21. The molecule has 0 aliphatic heterocycles. The summed E-state index contributed by atoms with van der Waals surface area (Å²) in [6.07, 6.45) is 8.24. The first-order valence-electron chi connectivity index (χ1n) is 11.3. The van der Waals surface area contributed by atoms with E-state index in [4.69, 9.17) is 10.7 Å². The number of nitrogen functional groups attached to an aromatic ring is 1. The maximum Gasteiger partial charge on any atom is 0.192 e. The van der Waals surface area contributed by atoms with Crippen LogP contribution in [-0.2, 0) is 25.1 Å². The van der Waals surface area contributed by atoms with Crippen molar-refractivity contribution in [2.24, 2.45) is 0 Å². The molecule has 0 saturated heterocycles. The van der Waals surface area contributed by atoms with Crippen molar-refractivity contribution in [2.45, 2.75) is 43.1 Å². The van der Waals surface area contributed by atoms with E-state index in [1.807, 2.05) is 36.5 Å². The number of fused-ring (bicyclic) bond motifs is 3. The first-order valence-corrected chi connectivity index (χ1v) is 13.1. The highest BCUT2D eigenvalue weighted by molar-refractivity contribution is 7.98. The van der Waals surface area contributed by atoms with E-state index in [0.29, 0.717) is 18.1 Å². The summed E-state index contributed by atoms with van der Waals surface area (Å²) in [5, 5.41) is 10.9. The quantitative estimate of drug-likeness (QED) is 0.332. The van der Waals surface area contributed by atoms with Crippen molar-refractivity contribution in [3.05, 3.63) is 76.7 Å². The maximum absolute atomic E-state index is 6.41. The maximum atomic E-state index is 6.41. The van der Waals surface area contributed by atoms with Crippen LogP contribution in [0.15, 0.2) is 60.0 Å². The van der Waals surface area contributed by atoms with Gasteiger partial charge in [0, 0.05) is 22.8 Å². The SMILES string of the molecule is Nc1nc(CSc2nnc(-c3cccnc3)n2Cc2ccccc2)nc2sc3c(c12)CCCC3. The number of thioether (sulfide) groups is 1. The van der Waals surface area contributed by atoms with Crippen molar-refractivity contribution in [1.82, 2.24) is 29.7 Å². The van der Waals surface area contributed by atoms with E-state index in [1.165, 1.54) is 28.8 Å². The first kappa shape index (κ1) is 21.2. The fourth-order valence-corrected chi connectivity index (χ4v) is 6.52. The Morgan fingerprint density at radius 2 is 1.88 bits per heavy atom. The lowest BCUT2D eigenvalue weighted by Crippen LogP contribution is -2.05. The van der Waals surface area contributed by atoms with Crippen LogP contribution in [0.1, 0.15) is 34.7 Å². The predicted molar refractivity (Wildman–Crippen MR) is 137 cm³/mol. The summed E-state index contributed by atoms with van der Waals surface area (Å²) in [4.78, 5) is 16.2. The van der Waals surface area contributed by atoms with Crippen molar-refractivity contribution in [3.8, 4) is 11.4 Å². The summed E-state index contributed by atoms with van der Waals surface area (Å²) < 4.78 is 2.13. The Hall–Kier alpha value is -3.30. The molecule has 9 heteroatoms. The molecule has 4 aromatic heterocycles. The topological polar surface area (TPSA) is 95.4 Å². The van der Waals surface area contributed by atoms with E-state index in [9.17, 15) is 0 Å². The Morgan fingerprint density at radius 3 is 2.74 bits per heavy atom. The zero-order chi connectivity index (χ0) is 22.9. The van der Waals surface area contributed by atoms with Gasteiger partial charge < -0.3 is 5.73 Å². The molecule has 1 aliphatic carbocycles. The summed E-state index contributed by atoms with van der Waals surface area (Å²) in [5.41, 5.74) is 9.90. The van der Waals surface area contributed by atoms with Crippen molar-refractivity contribution < 1.29 is 0 Å². The minimum Gasteiger partial charge on any atom is -0.383 e. The van der Waals surface area contributed by atoms with E-state index in [0.717, 1.165) is 45.4 Å². The van der Waals surface area contributed by atoms with Crippen molar-refractivity contribution in [3.63, 3.8) is 0 Å². The Morgan fingerprint density at radius 1 is 1.00 bits per heavy atom. The largest absolute Gasteiger partial charge is 0.383 e. The second-order valence-corrected chi connectivity index (χ2v) is 10.4. The van der Waals surface area contributed by atoms with Crippen LogP contribution in [-0.4, -0.2) is 29.7 Å². The van der Waals surface area contributed by atoms with Crippen molar-refractivity contribution in [1.29, 1.82) is 0 Å². The third kappa shape index (κ3) is 4.05. The molecule has 0 spiro atoms. The monoisotopic (exact) mass is 485 g/mol. The number of aryl methyl sites for hydroxylation is 2. The highest BCUT2D eigenvalue weighted by atomic mass is 32.2. The van der Waals surface area contributed by atoms with Gasteiger partial charge in [0.2, 0.25) is 0 Å². The van der Waals surface area contributed by atoms with E-state index >= 15 is 0 Å². The summed E-state index contributed by atoms with van der Waals surface area (Å²) in [5.74, 6) is 2.69. The average molecular weight is 486 g/mol. The lowest BCUT2D eigenvalue weighted by Gasteiger charge is -2.11. The molecule has 0 saturated carbocycles. The summed E-state index contributed by atoms with van der Waals surface area (Å²) >= 11 is 3.36. The van der Waals surface area contributed by atoms with Crippen LogP contribution in [0.3, 0.4) is 0 Å². The second-order valence-electron chi connectivity index (χ2n) is 8.32. The summed E-state index contributed by atoms with van der Waals surface area (Å²) in [6.45, 7) is 0.667. The van der Waals surface area contributed by atoms with Crippen molar-refractivity contribution in [2.75, 3.05) is 5.73 Å². The number of hydrogen-bond donors (Lipinski definition) is 1. The number of nitrogens with zero attached hydrogens (tertiary/aromatic N) is 6. The molecular weight excluding hydrogens is 462 g/mol. The standard InChI is InChI=1S/C25H23N7S2/c26-22-21-18-10-4-5-11-19(18)34-24(21)29-20(28-22)15-33-25-31-30-23(17-9-6-12-27-13-17)32(25)14-16-7-2-1-3-8-16/h1-3,6-9,12-13H,4-5,10-11,14-15H2,(H2,26,28,29). The van der Waals surface area contributed by atoms with Gasteiger partial charge in [-0.25, -0.2) is 9.97 Å². The van der Waals surface area contributed by atoms with Gasteiger partial charge in [-0.1, -0.05) is 42.1 Å². The molecule has 34 heavy (non-hydrogen) atoms. The van der Waals surface area contributed by atoms with Crippen LogP contribution in [0.2, 0.25) is 0 Å². The fourth-order valence-electron chi connectivity index (χ4n) is 4.44. The summed E-state index contributed by atoms with van der Waals surface area (Å²) in [6, 6.07) is 14.2. The normalized spacial score (nSPS) is 13.3. The Balaban J connectivity index is 1.31. The third-order valence-corrected chi connectivity index (χ3v) is 8.19. The van der Waals surface area contributed by atoms with Crippen LogP contribution in [0.4, 0.5) is 5.82 Å². The minimum atomic E-state index is 0.572. The molecule has 170 valence electrons. The number of benzene rings is 1. The van der Waals surface area contributed by atoms with E-state index in [1.54, 1.807) is 29.3 Å². The lowest BCUT2D eigenvalue weighted by molar-refractivity contribution is 0.700. The molecule has 1 aliphatic rings. The van der Waals surface area contributed by atoms with Crippen LogP contribution < -0.4 is 5.73 Å². The molecule has 0 fully saturated rings. The number of nitrogens with two attached hydrogens (primary N) is 1. The van der Waals surface area contributed by atoms with Gasteiger partial charge in [-0.05, 0) is 48.9 Å². The average Bonchev–Trinajstić information content (AvgIpc) is 3.45. The third-order valence-electron chi connectivity index (χ3n) is 6.04. The van der Waals surface area contributed by atoms with Gasteiger partial charge in [-0.15, -0.1) is 21.5 Å². The van der Waals surface area contributed by atoms with Gasteiger partial charge in [0.1, 0.15) is 16.5 Å². The fraction of sp³-hybridized carbons (Fsp3) is 0.240. The lowest BCUT2D eigenvalue weighted by atomic mass is 9.97. The molecule has 7 nitrogen and oxygen atoms in total. The van der Waals surface area contributed by atoms with E-state index in [-0.39, 0.29) is 0 Å². The van der Waals surface area contributed by atoms with Gasteiger partial charge in [-0.3, -0.25) is 9.55 Å². The molecule has 0 bridgehead atoms. The number of anilines is 1. The van der Waals surface area contributed by atoms with Gasteiger partial charge in [0.15, 0.2) is 11.0 Å². The van der Waals surface area contributed by atoms with Crippen LogP contribution in [0, 0.1) is 0 Å². The predicted octanol–water partition coefficient (Wildman–Crippen LogP) is 5.15. The number of pyridine rings is 1. The van der Waals surface area contributed by atoms with Gasteiger partial charge in [0.05, 0.1) is 17.7 Å². The first-order chi connectivity index (χ1) is 16.8. The smallest absolute Gasteiger partial charge is 0.192 e. The number of rotatable bonds is 6. The molecule has 0 unspecified atom stereocenters. The zero-order valence-corrected chi connectivity index (χ0v) is 20.1. The molecule has 0 amide bonds. The molecule has 0 radical (unpaired) electrons. The van der Waals surface area contributed by atoms with Gasteiger partial charge >= 0.3 is 0 Å². The molecule has 4 heterocycles. The number of aromatic nitrogens is 6. The molecule has 5 aromatic rings. The molecule has 2 N–H and O–H groups in total. The van der Waals surface area contributed by atoms with Gasteiger partial charge in [-0.2, -0.15) is 0 Å². The Kier molecular flexibility index (Phi) is 5.72. The Labute approximate surface area is 205 Å². The van der Waals surface area contributed by atoms with E-state index in [2.05, 4.69) is 36.9 Å². The Bertz CT molecular complexity index is 1440. The van der Waals surface area contributed by atoms with Gasteiger partial charge in [0.25, 0.3) is 0 Å². The molecular formula is C25H23N7S2. The van der Waals surface area contributed by atoms with Crippen LogP contribution in [0.25, 0.3) is 21.6 Å². The minimum absolute atomic E-state index is 0.572. The van der Waals surface area contributed by atoms with E-state index < -0.39 is 0 Å². The highest BCUT2D eigenvalue weighted by Crippen LogP contribution is 2.38. The number of thiophene rings is 1. The van der Waals surface area contributed by atoms with Crippen LogP contribution in [0.5, 0.6) is 0 Å². The molecule has 1 aromatic carbocycles. The molecule has 0 atom stereocenters. The molecule has 6 rings (SSSR count). The zero-order valence-electron chi connectivity index (χ0n) is 18.5.